The number of halogens is 2. The molecule has 2 nitrogen and oxygen atoms in total. The summed E-state index contributed by atoms with van der Waals surface area (Å²) in [4.78, 5) is 12.4. The minimum absolute atomic E-state index is 0.116. The molecule has 100 valence electrons. The highest BCUT2D eigenvalue weighted by atomic mass is 35.5. The largest absolute Gasteiger partial charge is 0.329 e. The zero-order valence-corrected chi connectivity index (χ0v) is 12.3. The Morgan fingerprint density at radius 3 is 2.11 bits per heavy atom. The second-order valence-corrected chi connectivity index (χ2v) is 5.31. The van der Waals surface area contributed by atoms with Gasteiger partial charge < -0.3 is 5.73 Å². The molecule has 4 heteroatoms. The van der Waals surface area contributed by atoms with Crippen molar-refractivity contribution in [3.63, 3.8) is 0 Å². The molecule has 1 aromatic rings. The molecule has 0 unspecified atom stereocenters. The van der Waals surface area contributed by atoms with Crippen molar-refractivity contribution in [3.8, 4) is 0 Å². The number of nitrogens with two attached hydrogens (primary N) is 1. The summed E-state index contributed by atoms with van der Waals surface area (Å²) in [6.07, 6.45) is 1.72. The highest BCUT2D eigenvalue weighted by Gasteiger charge is 2.33. The first-order chi connectivity index (χ1) is 8.50. The molecule has 0 radical (unpaired) electrons. The van der Waals surface area contributed by atoms with Crippen molar-refractivity contribution in [3.05, 3.63) is 33.8 Å². The lowest BCUT2D eigenvalue weighted by Crippen LogP contribution is -2.38. The third-order valence-corrected chi connectivity index (χ3v) is 4.44. The molecule has 0 atom stereocenters. The monoisotopic (exact) mass is 287 g/mol. The van der Waals surface area contributed by atoms with Gasteiger partial charge in [-0.2, -0.15) is 0 Å². The SMILES string of the molecule is CCC(CC)(CN)C(=O)Cc1c(Cl)cccc1Cl. The number of carbonyl (C=O) groups is 1. The van der Waals surface area contributed by atoms with E-state index >= 15 is 0 Å². The van der Waals surface area contributed by atoms with Crippen molar-refractivity contribution in [1.29, 1.82) is 0 Å². The number of ketones is 1. The number of rotatable bonds is 6. The third-order valence-electron chi connectivity index (χ3n) is 3.73. The molecule has 2 N–H and O–H groups in total. The molecule has 0 spiro atoms. The topological polar surface area (TPSA) is 43.1 Å². The Labute approximate surface area is 118 Å². The standard InChI is InChI=1S/C14H19Cl2NO/c1-3-14(4-2,9-17)13(18)8-10-11(15)6-5-7-12(10)16/h5-7H,3-4,8-9,17H2,1-2H3. The Morgan fingerprint density at radius 2 is 1.72 bits per heavy atom. The van der Waals surface area contributed by atoms with Crippen LogP contribution >= 0.6 is 23.2 Å². The lowest BCUT2D eigenvalue weighted by molar-refractivity contribution is -0.128. The molecule has 0 aliphatic heterocycles. The van der Waals surface area contributed by atoms with Crippen LogP contribution in [0.2, 0.25) is 10.0 Å². The van der Waals surface area contributed by atoms with E-state index in [2.05, 4.69) is 0 Å². The van der Waals surface area contributed by atoms with Crippen molar-refractivity contribution in [2.45, 2.75) is 33.1 Å². The summed E-state index contributed by atoms with van der Waals surface area (Å²) in [5, 5.41) is 1.07. The molecule has 0 heterocycles. The maximum absolute atomic E-state index is 12.4. The summed E-state index contributed by atoms with van der Waals surface area (Å²) in [6, 6.07) is 5.27. The maximum Gasteiger partial charge on any atom is 0.144 e. The molecule has 18 heavy (non-hydrogen) atoms. The minimum atomic E-state index is -0.456. The molecular weight excluding hydrogens is 269 g/mol. The quantitative estimate of drug-likeness (QED) is 0.863. The van der Waals surface area contributed by atoms with E-state index in [0.717, 1.165) is 12.8 Å². The van der Waals surface area contributed by atoms with Gasteiger partial charge in [0.1, 0.15) is 5.78 Å². The summed E-state index contributed by atoms with van der Waals surface area (Å²) in [5.74, 6) is 0.116. The second kappa shape index (κ2) is 6.55. The first kappa shape index (κ1) is 15.5. The van der Waals surface area contributed by atoms with Crippen molar-refractivity contribution in [2.24, 2.45) is 11.1 Å². The van der Waals surface area contributed by atoms with Gasteiger partial charge in [-0.25, -0.2) is 0 Å². The van der Waals surface area contributed by atoms with E-state index in [1.165, 1.54) is 0 Å². The van der Waals surface area contributed by atoms with E-state index < -0.39 is 5.41 Å². The summed E-state index contributed by atoms with van der Waals surface area (Å²) in [6.45, 7) is 4.34. The normalized spacial score (nSPS) is 11.6. The molecule has 0 aliphatic rings. The van der Waals surface area contributed by atoms with Crippen LogP contribution in [0.4, 0.5) is 0 Å². The first-order valence-corrected chi connectivity index (χ1v) is 6.92. The lowest BCUT2D eigenvalue weighted by Gasteiger charge is -2.28. The Bertz CT molecular complexity index is 399. The van der Waals surface area contributed by atoms with Crippen molar-refractivity contribution >= 4 is 29.0 Å². The van der Waals surface area contributed by atoms with Crippen LogP contribution < -0.4 is 5.73 Å². The Balaban J connectivity index is 3.00. The van der Waals surface area contributed by atoms with Crippen molar-refractivity contribution in [2.75, 3.05) is 6.54 Å². The average Bonchev–Trinajstić information content (AvgIpc) is 2.37. The number of hydrogen-bond donors (Lipinski definition) is 1. The molecule has 0 bridgehead atoms. The molecule has 0 aliphatic carbocycles. The molecule has 1 aromatic carbocycles. The van der Waals surface area contributed by atoms with Gasteiger partial charge in [0.25, 0.3) is 0 Å². The first-order valence-electron chi connectivity index (χ1n) is 6.17. The summed E-state index contributed by atoms with van der Waals surface area (Å²) < 4.78 is 0. The van der Waals surface area contributed by atoms with Crippen LogP contribution in [0, 0.1) is 5.41 Å². The highest BCUT2D eigenvalue weighted by Crippen LogP contribution is 2.31. The summed E-state index contributed by atoms with van der Waals surface area (Å²) in [7, 11) is 0. The smallest absolute Gasteiger partial charge is 0.144 e. The van der Waals surface area contributed by atoms with Crippen LogP contribution in [0.25, 0.3) is 0 Å². The zero-order valence-electron chi connectivity index (χ0n) is 10.8. The van der Waals surface area contributed by atoms with E-state index in [9.17, 15) is 4.79 Å². The third kappa shape index (κ3) is 3.05. The fourth-order valence-corrected chi connectivity index (χ4v) is 2.63. The minimum Gasteiger partial charge on any atom is -0.329 e. The Hall–Kier alpha value is -0.570. The van der Waals surface area contributed by atoms with Gasteiger partial charge in [0, 0.05) is 28.4 Å². The predicted molar refractivity (Wildman–Crippen MR) is 77.2 cm³/mol. The summed E-state index contributed by atoms with van der Waals surface area (Å²) in [5.41, 5.74) is 6.02. The van der Waals surface area contributed by atoms with Gasteiger partial charge in [-0.15, -0.1) is 0 Å². The number of Topliss-reactive ketones (excluding diaryl/α,β-unsaturated/α-hetero) is 1. The van der Waals surface area contributed by atoms with E-state index in [-0.39, 0.29) is 12.2 Å². The van der Waals surface area contributed by atoms with Crippen molar-refractivity contribution in [1.82, 2.24) is 0 Å². The van der Waals surface area contributed by atoms with Crippen LogP contribution in [-0.2, 0) is 11.2 Å². The van der Waals surface area contributed by atoms with Gasteiger partial charge in [0.15, 0.2) is 0 Å². The molecule has 0 saturated carbocycles. The van der Waals surface area contributed by atoms with Crippen molar-refractivity contribution < 1.29 is 4.79 Å². The van der Waals surface area contributed by atoms with E-state index in [1.54, 1.807) is 18.2 Å². The second-order valence-electron chi connectivity index (χ2n) is 4.49. The zero-order chi connectivity index (χ0) is 13.8. The molecule has 0 saturated heterocycles. The molecular formula is C14H19Cl2NO. The molecule has 0 fully saturated rings. The van der Waals surface area contributed by atoms with Crippen LogP contribution in [0.1, 0.15) is 32.3 Å². The van der Waals surface area contributed by atoms with Gasteiger partial charge in [-0.05, 0) is 30.5 Å². The Morgan fingerprint density at radius 1 is 1.22 bits per heavy atom. The van der Waals surface area contributed by atoms with Crippen LogP contribution in [0.15, 0.2) is 18.2 Å². The fraction of sp³-hybridized carbons (Fsp3) is 0.500. The highest BCUT2D eigenvalue weighted by molar-refractivity contribution is 6.36. The maximum atomic E-state index is 12.4. The van der Waals surface area contributed by atoms with E-state index in [4.69, 9.17) is 28.9 Å². The van der Waals surface area contributed by atoms with Gasteiger partial charge in [0.05, 0.1) is 0 Å². The van der Waals surface area contributed by atoms with E-state index in [1.807, 2.05) is 13.8 Å². The van der Waals surface area contributed by atoms with Gasteiger partial charge in [-0.1, -0.05) is 43.1 Å². The molecule has 0 aromatic heterocycles. The number of hydrogen-bond acceptors (Lipinski definition) is 2. The predicted octanol–water partition coefficient (Wildman–Crippen LogP) is 3.87. The number of benzene rings is 1. The van der Waals surface area contributed by atoms with Crippen LogP contribution in [0.5, 0.6) is 0 Å². The van der Waals surface area contributed by atoms with Crippen LogP contribution in [-0.4, -0.2) is 12.3 Å². The van der Waals surface area contributed by atoms with Gasteiger partial charge in [-0.3, -0.25) is 4.79 Å². The summed E-state index contributed by atoms with van der Waals surface area (Å²) >= 11 is 12.2. The average molecular weight is 288 g/mol. The Kier molecular flexibility index (Phi) is 5.64. The van der Waals surface area contributed by atoms with E-state index in [0.29, 0.717) is 22.2 Å². The van der Waals surface area contributed by atoms with Gasteiger partial charge >= 0.3 is 0 Å². The fourth-order valence-electron chi connectivity index (χ4n) is 2.10. The molecule has 0 amide bonds. The van der Waals surface area contributed by atoms with Crippen LogP contribution in [0.3, 0.4) is 0 Å². The van der Waals surface area contributed by atoms with Gasteiger partial charge in [0.2, 0.25) is 0 Å². The number of carbonyl (C=O) groups excluding carboxylic acids is 1. The lowest BCUT2D eigenvalue weighted by atomic mass is 9.76. The molecule has 1 rings (SSSR count).